The largest absolute Gasteiger partial charge is 0.399 e. The fourth-order valence-electron chi connectivity index (χ4n) is 2.50. The molecule has 0 radical (unpaired) electrons. The number of anilines is 1. The van der Waals surface area contributed by atoms with Gasteiger partial charge in [-0.1, -0.05) is 25.1 Å². The standard InChI is InChI=1S/C15H24N2O/c1-2-17(12-14-7-5-11-18-14)10-9-13-6-3-4-8-15(13)16/h3-4,6,8,14H,2,5,7,9-12,16H2,1H3. The van der Waals surface area contributed by atoms with Gasteiger partial charge in [0.25, 0.3) is 0 Å². The lowest BCUT2D eigenvalue weighted by atomic mass is 10.1. The van der Waals surface area contributed by atoms with Crippen molar-refractivity contribution in [2.75, 3.05) is 32.0 Å². The second kappa shape index (κ2) is 6.76. The van der Waals surface area contributed by atoms with Crippen LogP contribution in [0.1, 0.15) is 25.3 Å². The minimum atomic E-state index is 0.443. The Morgan fingerprint density at radius 3 is 2.89 bits per heavy atom. The lowest BCUT2D eigenvalue weighted by molar-refractivity contribution is 0.0752. The minimum absolute atomic E-state index is 0.443. The summed E-state index contributed by atoms with van der Waals surface area (Å²) < 4.78 is 5.69. The number of ether oxygens (including phenoxy) is 1. The third-order valence-corrected chi connectivity index (χ3v) is 3.69. The first-order chi connectivity index (χ1) is 8.79. The Morgan fingerprint density at radius 1 is 1.39 bits per heavy atom. The Bertz CT molecular complexity index is 361. The fraction of sp³-hybridized carbons (Fsp3) is 0.600. The highest BCUT2D eigenvalue weighted by Crippen LogP contribution is 2.15. The summed E-state index contributed by atoms with van der Waals surface area (Å²) in [6.07, 6.45) is 3.89. The van der Waals surface area contributed by atoms with E-state index < -0.39 is 0 Å². The highest BCUT2D eigenvalue weighted by Gasteiger charge is 2.18. The third-order valence-electron chi connectivity index (χ3n) is 3.69. The first-order valence-corrected chi connectivity index (χ1v) is 6.97. The maximum atomic E-state index is 5.97. The lowest BCUT2D eigenvalue weighted by Crippen LogP contribution is -2.33. The molecule has 1 atom stereocenters. The van der Waals surface area contributed by atoms with Crippen LogP contribution in [0.3, 0.4) is 0 Å². The number of nitrogens with two attached hydrogens (primary N) is 1. The van der Waals surface area contributed by atoms with E-state index in [0.717, 1.165) is 38.3 Å². The number of likely N-dealkylation sites (N-methyl/N-ethyl adjacent to an activating group) is 1. The second-order valence-corrected chi connectivity index (χ2v) is 4.98. The summed E-state index contributed by atoms with van der Waals surface area (Å²) in [6.45, 7) is 6.34. The summed E-state index contributed by atoms with van der Waals surface area (Å²) in [5, 5.41) is 0. The normalized spacial score (nSPS) is 19.6. The van der Waals surface area contributed by atoms with Crippen LogP contribution in [0, 0.1) is 0 Å². The molecule has 2 rings (SSSR count). The Morgan fingerprint density at radius 2 is 2.22 bits per heavy atom. The zero-order valence-electron chi connectivity index (χ0n) is 11.3. The number of hydrogen-bond donors (Lipinski definition) is 1. The van der Waals surface area contributed by atoms with Crippen molar-refractivity contribution in [2.24, 2.45) is 0 Å². The molecule has 1 fully saturated rings. The van der Waals surface area contributed by atoms with Crippen molar-refractivity contribution in [1.82, 2.24) is 4.90 Å². The van der Waals surface area contributed by atoms with E-state index in [4.69, 9.17) is 10.5 Å². The summed E-state index contributed by atoms with van der Waals surface area (Å²) in [7, 11) is 0. The van der Waals surface area contributed by atoms with Gasteiger partial charge in [0.2, 0.25) is 0 Å². The molecule has 0 spiro atoms. The monoisotopic (exact) mass is 248 g/mol. The molecule has 2 N–H and O–H groups in total. The molecule has 1 heterocycles. The molecule has 1 saturated heterocycles. The van der Waals surface area contributed by atoms with Crippen LogP contribution < -0.4 is 5.73 Å². The molecule has 0 saturated carbocycles. The van der Waals surface area contributed by atoms with Gasteiger partial charge in [-0.2, -0.15) is 0 Å². The van der Waals surface area contributed by atoms with E-state index in [9.17, 15) is 0 Å². The van der Waals surface area contributed by atoms with Gasteiger partial charge < -0.3 is 15.4 Å². The summed E-state index contributed by atoms with van der Waals surface area (Å²) in [6, 6.07) is 8.14. The molecule has 0 amide bonds. The lowest BCUT2D eigenvalue weighted by Gasteiger charge is -2.23. The summed E-state index contributed by atoms with van der Waals surface area (Å²) >= 11 is 0. The first-order valence-electron chi connectivity index (χ1n) is 6.97. The highest BCUT2D eigenvalue weighted by molar-refractivity contribution is 5.46. The molecule has 1 unspecified atom stereocenters. The van der Waals surface area contributed by atoms with Crippen LogP contribution in [0.2, 0.25) is 0 Å². The molecule has 0 bridgehead atoms. The van der Waals surface area contributed by atoms with Crippen LogP contribution in [-0.4, -0.2) is 37.2 Å². The second-order valence-electron chi connectivity index (χ2n) is 4.98. The average molecular weight is 248 g/mol. The maximum absolute atomic E-state index is 5.97. The van der Waals surface area contributed by atoms with Crippen LogP contribution in [0.25, 0.3) is 0 Å². The molecule has 1 aliphatic heterocycles. The molecule has 0 aromatic heterocycles. The van der Waals surface area contributed by atoms with Gasteiger partial charge in [-0.3, -0.25) is 0 Å². The van der Waals surface area contributed by atoms with Crippen molar-refractivity contribution in [3.63, 3.8) is 0 Å². The van der Waals surface area contributed by atoms with Crippen LogP contribution in [0.5, 0.6) is 0 Å². The Hall–Kier alpha value is -1.06. The smallest absolute Gasteiger partial charge is 0.0702 e. The van der Waals surface area contributed by atoms with Gasteiger partial charge in [-0.25, -0.2) is 0 Å². The van der Waals surface area contributed by atoms with Crippen LogP contribution in [0.4, 0.5) is 5.69 Å². The third kappa shape index (κ3) is 3.72. The van der Waals surface area contributed by atoms with Gasteiger partial charge in [0.1, 0.15) is 0 Å². The average Bonchev–Trinajstić information content (AvgIpc) is 2.89. The van der Waals surface area contributed by atoms with E-state index in [2.05, 4.69) is 24.0 Å². The van der Waals surface area contributed by atoms with E-state index in [-0.39, 0.29) is 0 Å². The molecule has 100 valence electrons. The van der Waals surface area contributed by atoms with Crippen molar-refractivity contribution < 1.29 is 4.74 Å². The van der Waals surface area contributed by atoms with E-state index in [1.807, 2.05) is 12.1 Å². The Labute approximate surface area is 110 Å². The molecular weight excluding hydrogens is 224 g/mol. The molecule has 3 nitrogen and oxygen atoms in total. The predicted molar refractivity (Wildman–Crippen MR) is 75.6 cm³/mol. The highest BCUT2D eigenvalue weighted by atomic mass is 16.5. The van der Waals surface area contributed by atoms with Crippen molar-refractivity contribution in [3.05, 3.63) is 29.8 Å². The molecule has 0 aliphatic carbocycles. The summed E-state index contributed by atoms with van der Waals surface area (Å²) in [4.78, 5) is 2.46. The van der Waals surface area contributed by atoms with Crippen molar-refractivity contribution in [2.45, 2.75) is 32.3 Å². The topological polar surface area (TPSA) is 38.5 Å². The zero-order chi connectivity index (χ0) is 12.8. The summed E-state index contributed by atoms with van der Waals surface area (Å²) in [5.74, 6) is 0. The van der Waals surface area contributed by atoms with E-state index in [1.165, 1.54) is 18.4 Å². The Balaban J connectivity index is 1.81. The first kappa shape index (κ1) is 13.4. The van der Waals surface area contributed by atoms with Crippen LogP contribution >= 0.6 is 0 Å². The van der Waals surface area contributed by atoms with Gasteiger partial charge in [0.05, 0.1) is 6.10 Å². The minimum Gasteiger partial charge on any atom is -0.399 e. The van der Waals surface area contributed by atoms with Gasteiger partial charge in [0.15, 0.2) is 0 Å². The van der Waals surface area contributed by atoms with Crippen LogP contribution in [0.15, 0.2) is 24.3 Å². The number of nitrogens with zero attached hydrogens (tertiary/aromatic N) is 1. The summed E-state index contributed by atoms with van der Waals surface area (Å²) in [5.41, 5.74) is 8.13. The molecule has 1 aromatic carbocycles. The molecule has 1 aromatic rings. The number of benzene rings is 1. The number of nitrogen functional groups attached to an aromatic ring is 1. The van der Waals surface area contributed by atoms with Crippen molar-refractivity contribution in [1.29, 1.82) is 0 Å². The van der Waals surface area contributed by atoms with Gasteiger partial charge in [-0.15, -0.1) is 0 Å². The molecule has 1 aliphatic rings. The number of rotatable bonds is 6. The van der Waals surface area contributed by atoms with Gasteiger partial charge in [-0.05, 0) is 37.4 Å². The maximum Gasteiger partial charge on any atom is 0.0702 e. The number of hydrogen-bond acceptors (Lipinski definition) is 3. The SMILES string of the molecule is CCN(CCc1ccccc1N)CC1CCCO1. The van der Waals surface area contributed by atoms with Gasteiger partial charge >= 0.3 is 0 Å². The molecule has 3 heteroatoms. The fourth-order valence-corrected chi connectivity index (χ4v) is 2.50. The van der Waals surface area contributed by atoms with Gasteiger partial charge in [0, 0.05) is 25.4 Å². The van der Waals surface area contributed by atoms with E-state index in [1.54, 1.807) is 0 Å². The zero-order valence-corrected chi connectivity index (χ0v) is 11.3. The molecular formula is C15H24N2O. The Kier molecular flexibility index (Phi) is 5.02. The quantitative estimate of drug-likeness (QED) is 0.785. The van der Waals surface area contributed by atoms with E-state index in [0.29, 0.717) is 6.10 Å². The van der Waals surface area contributed by atoms with Crippen molar-refractivity contribution in [3.8, 4) is 0 Å². The van der Waals surface area contributed by atoms with Crippen LogP contribution in [-0.2, 0) is 11.2 Å². The van der Waals surface area contributed by atoms with E-state index >= 15 is 0 Å². The number of para-hydroxylation sites is 1. The molecule has 18 heavy (non-hydrogen) atoms. The predicted octanol–water partition coefficient (Wildman–Crippen LogP) is 2.31. The van der Waals surface area contributed by atoms with Crippen molar-refractivity contribution >= 4 is 5.69 Å².